The molecule has 2 rings (SSSR count). The summed E-state index contributed by atoms with van der Waals surface area (Å²) >= 11 is 0. The fourth-order valence-corrected chi connectivity index (χ4v) is 1.64. The highest BCUT2D eigenvalue weighted by atomic mass is 16.1. The first kappa shape index (κ1) is 14.5. The first-order valence-electron chi connectivity index (χ1n) is 6.60. The van der Waals surface area contributed by atoms with Gasteiger partial charge in [-0.25, -0.2) is 4.98 Å². The maximum Gasteiger partial charge on any atom is 0.275 e. The van der Waals surface area contributed by atoms with Crippen molar-refractivity contribution in [2.45, 2.75) is 13.3 Å². The van der Waals surface area contributed by atoms with Crippen molar-refractivity contribution in [3.63, 3.8) is 0 Å². The summed E-state index contributed by atoms with van der Waals surface area (Å²) in [4.78, 5) is 20.3. The Morgan fingerprint density at radius 1 is 1.29 bits per heavy atom. The smallest absolute Gasteiger partial charge is 0.275 e. The van der Waals surface area contributed by atoms with Crippen molar-refractivity contribution in [1.29, 1.82) is 5.26 Å². The molecule has 0 atom stereocenters. The number of anilines is 2. The molecule has 0 saturated heterocycles. The Hall–Kier alpha value is -2.94. The molecule has 106 valence electrons. The number of benzene rings is 1. The van der Waals surface area contributed by atoms with Gasteiger partial charge in [-0.05, 0) is 30.7 Å². The van der Waals surface area contributed by atoms with Crippen LogP contribution in [-0.4, -0.2) is 22.4 Å². The molecule has 21 heavy (non-hydrogen) atoms. The van der Waals surface area contributed by atoms with Gasteiger partial charge in [0.1, 0.15) is 11.5 Å². The van der Waals surface area contributed by atoms with Gasteiger partial charge in [-0.2, -0.15) is 5.26 Å². The molecule has 1 aromatic carbocycles. The summed E-state index contributed by atoms with van der Waals surface area (Å²) in [5.74, 6) is 0.233. The van der Waals surface area contributed by atoms with Crippen LogP contribution >= 0.6 is 0 Å². The topological polar surface area (TPSA) is 90.7 Å². The Labute approximate surface area is 122 Å². The van der Waals surface area contributed by atoms with E-state index in [-0.39, 0.29) is 11.6 Å². The van der Waals surface area contributed by atoms with Crippen LogP contribution in [0.1, 0.15) is 29.4 Å². The number of hydrogen-bond donors (Lipinski definition) is 2. The van der Waals surface area contributed by atoms with Crippen molar-refractivity contribution in [3.8, 4) is 6.07 Å². The summed E-state index contributed by atoms with van der Waals surface area (Å²) in [6.45, 7) is 2.82. The molecule has 0 spiro atoms. The van der Waals surface area contributed by atoms with Crippen molar-refractivity contribution in [2.75, 3.05) is 17.2 Å². The maximum atomic E-state index is 12.1. The Morgan fingerprint density at radius 2 is 2.05 bits per heavy atom. The number of amides is 1. The average Bonchev–Trinajstić information content (AvgIpc) is 2.54. The molecule has 1 aromatic heterocycles. The second-order valence-corrected chi connectivity index (χ2v) is 4.36. The average molecular weight is 281 g/mol. The van der Waals surface area contributed by atoms with E-state index < -0.39 is 0 Å². The monoisotopic (exact) mass is 281 g/mol. The van der Waals surface area contributed by atoms with Gasteiger partial charge in [0.25, 0.3) is 5.91 Å². The number of hydrogen-bond acceptors (Lipinski definition) is 5. The maximum absolute atomic E-state index is 12.1. The molecule has 2 N–H and O–H groups in total. The van der Waals surface area contributed by atoms with Crippen LogP contribution in [-0.2, 0) is 0 Å². The highest BCUT2D eigenvalue weighted by Gasteiger charge is 2.09. The number of carbonyl (C=O) groups excluding carboxylic acids is 1. The number of aromatic nitrogens is 2. The number of rotatable bonds is 5. The highest BCUT2D eigenvalue weighted by Crippen LogP contribution is 2.10. The SMILES string of the molecule is CCCNc1cncc(C(=O)Nc2ccc(C#N)cc2)n1. The lowest BCUT2D eigenvalue weighted by molar-refractivity contribution is 0.102. The molecule has 1 amide bonds. The first-order valence-corrected chi connectivity index (χ1v) is 6.60. The molecule has 0 fully saturated rings. The Bertz CT molecular complexity index is 661. The third-order valence-corrected chi connectivity index (χ3v) is 2.70. The van der Waals surface area contributed by atoms with Crippen LogP contribution in [0.4, 0.5) is 11.5 Å². The minimum Gasteiger partial charge on any atom is -0.369 e. The molecule has 0 aliphatic carbocycles. The fourth-order valence-electron chi connectivity index (χ4n) is 1.64. The largest absolute Gasteiger partial charge is 0.369 e. The standard InChI is InChI=1S/C15H15N5O/c1-2-7-18-14-10-17-9-13(20-14)15(21)19-12-5-3-11(8-16)4-6-12/h3-6,9-10H,2,7H2,1H3,(H,18,20)(H,19,21). The van der Waals surface area contributed by atoms with Crippen molar-refractivity contribution in [1.82, 2.24) is 9.97 Å². The van der Waals surface area contributed by atoms with Gasteiger partial charge in [-0.3, -0.25) is 9.78 Å². The van der Waals surface area contributed by atoms with Crippen molar-refractivity contribution >= 4 is 17.4 Å². The van der Waals surface area contributed by atoms with E-state index in [1.807, 2.05) is 13.0 Å². The number of nitriles is 1. The van der Waals surface area contributed by atoms with Gasteiger partial charge in [-0.15, -0.1) is 0 Å². The van der Waals surface area contributed by atoms with E-state index in [9.17, 15) is 4.79 Å². The van der Waals surface area contributed by atoms with Crippen LogP contribution in [0.15, 0.2) is 36.7 Å². The minimum atomic E-state index is -0.340. The van der Waals surface area contributed by atoms with Crippen LogP contribution in [0.25, 0.3) is 0 Å². The predicted molar refractivity (Wildman–Crippen MR) is 79.9 cm³/mol. The van der Waals surface area contributed by atoms with Crippen molar-refractivity contribution in [2.24, 2.45) is 0 Å². The Balaban J connectivity index is 2.07. The molecule has 1 heterocycles. The van der Waals surface area contributed by atoms with Gasteiger partial charge in [0.15, 0.2) is 0 Å². The lowest BCUT2D eigenvalue weighted by Gasteiger charge is -2.07. The second-order valence-electron chi connectivity index (χ2n) is 4.36. The third kappa shape index (κ3) is 4.01. The second kappa shape index (κ2) is 7.01. The Kier molecular flexibility index (Phi) is 4.83. The van der Waals surface area contributed by atoms with Gasteiger partial charge in [-0.1, -0.05) is 6.92 Å². The van der Waals surface area contributed by atoms with Crippen LogP contribution in [0, 0.1) is 11.3 Å². The predicted octanol–water partition coefficient (Wildman–Crippen LogP) is 2.42. The van der Waals surface area contributed by atoms with E-state index >= 15 is 0 Å². The third-order valence-electron chi connectivity index (χ3n) is 2.70. The summed E-state index contributed by atoms with van der Waals surface area (Å²) in [5, 5.41) is 14.5. The normalized spacial score (nSPS) is 9.71. The summed E-state index contributed by atoms with van der Waals surface area (Å²) in [6.07, 6.45) is 3.95. The number of nitrogens with zero attached hydrogens (tertiary/aromatic N) is 3. The first-order chi connectivity index (χ1) is 10.2. The molecule has 0 aliphatic rings. The molecule has 0 radical (unpaired) electrons. The summed E-state index contributed by atoms with van der Waals surface area (Å²) in [6, 6.07) is 8.64. The van der Waals surface area contributed by atoms with E-state index in [0.717, 1.165) is 13.0 Å². The lowest BCUT2D eigenvalue weighted by atomic mass is 10.2. The molecule has 6 heteroatoms. The van der Waals surface area contributed by atoms with Crippen LogP contribution in [0.5, 0.6) is 0 Å². The van der Waals surface area contributed by atoms with Crippen LogP contribution in [0.2, 0.25) is 0 Å². The summed E-state index contributed by atoms with van der Waals surface area (Å²) in [5.41, 5.74) is 1.38. The molecule has 0 bridgehead atoms. The van der Waals surface area contributed by atoms with Gasteiger partial charge in [0.2, 0.25) is 0 Å². The highest BCUT2D eigenvalue weighted by molar-refractivity contribution is 6.02. The van der Waals surface area contributed by atoms with Gasteiger partial charge >= 0.3 is 0 Å². The molecule has 0 saturated carbocycles. The zero-order valence-corrected chi connectivity index (χ0v) is 11.6. The zero-order valence-electron chi connectivity index (χ0n) is 11.6. The minimum absolute atomic E-state index is 0.237. The summed E-state index contributed by atoms with van der Waals surface area (Å²) in [7, 11) is 0. The van der Waals surface area contributed by atoms with Crippen LogP contribution < -0.4 is 10.6 Å². The lowest BCUT2D eigenvalue weighted by Crippen LogP contribution is -2.15. The zero-order chi connectivity index (χ0) is 15.1. The van der Waals surface area contributed by atoms with E-state index in [4.69, 9.17) is 5.26 Å². The quantitative estimate of drug-likeness (QED) is 0.878. The molecule has 0 unspecified atom stereocenters. The van der Waals surface area contributed by atoms with Gasteiger partial charge in [0.05, 0.1) is 24.0 Å². The van der Waals surface area contributed by atoms with E-state index in [2.05, 4.69) is 20.6 Å². The van der Waals surface area contributed by atoms with Crippen LogP contribution in [0.3, 0.4) is 0 Å². The van der Waals surface area contributed by atoms with Crippen molar-refractivity contribution < 1.29 is 4.79 Å². The molecular formula is C15H15N5O. The van der Waals surface area contributed by atoms with E-state index in [0.29, 0.717) is 17.1 Å². The molecular weight excluding hydrogens is 266 g/mol. The molecule has 2 aromatic rings. The number of nitrogens with one attached hydrogen (secondary N) is 2. The fraction of sp³-hybridized carbons (Fsp3) is 0.200. The van der Waals surface area contributed by atoms with Gasteiger partial charge in [0, 0.05) is 12.2 Å². The summed E-state index contributed by atoms with van der Waals surface area (Å²) < 4.78 is 0. The molecule has 0 aliphatic heterocycles. The van der Waals surface area contributed by atoms with E-state index in [1.165, 1.54) is 6.20 Å². The van der Waals surface area contributed by atoms with Gasteiger partial charge < -0.3 is 10.6 Å². The van der Waals surface area contributed by atoms with Crippen molar-refractivity contribution in [3.05, 3.63) is 47.9 Å². The Morgan fingerprint density at radius 3 is 2.71 bits per heavy atom. The van der Waals surface area contributed by atoms with E-state index in [1.54, 1.807) is 30.5 Å². The molecule has 6 nitrogen and oxygen atoms in total. The number of carbonyl (C=O) groups is 1.